The fourth-order valence-electron chi connectivity index (χ4n) is 1.04. The summed E-state index contributed by atoms with van der Waals surface area (Å²) >= 11 is 0. The Balaban J connectivity index is 2.60. The standard InChI is InChI=1S/C6H10O5/c7-1-3-5(9)6(10)4(2-8)11-3/h1,3-6,8-10H,2H2/t3-,4-,5-,6-/m0/s1. The second-order valence-corrected chi connectivity index (χ2v) is 2.44. The third-order valence-electron chi connectivity index (χ3n) is 1.71. The number of aliphatic hydroxyl groups excluding tert-OH is 3. The van der Waals surface area contributed by atoms with Crippen LogP contribution in [0.5, 0.6) is 0 Å². The van der Waals surface area contributed by atoms with Crippen molar-refractivity contribution < 1.29 is 24.9 Å². The molecule has 1 heterocycles. The molecule has 1 fully saturated rings. The van der Waals surface area contributed by atoms with Gasteiger partial charge in [0.05, 0.1) is 6.61 Å². The first-order valence-electron chi connectivity index (χ1n) is 3.28. The number of aliphatic hydroxyl groups is 3. The Morgan fingerprint density at radius 2 is 2.00 bits per heavy atom. The first kappa shape index (κ1) is 8.61. The maximum atomic E-state index is 10.1. The van der Waals surface area contributed by atoms with Crippen molar-refractivity contribution in [1.29, 1.82) is 0 Å². The molecule has 3 N–H and O–H groups in total. The Morgan fingerprint density at radius 1 is 1.36 bits per heavy atom. The molecule has 11 heavy (non-hydrogen) atoms. The van der Waals surface area contributed by atoms with Gasteiger partial charge in [-0.25, -0.2) is 0 Å². The highest BCUT2D eigenvalue weighted by Gasteiger charge is 2.41. The second kappa shape index (κ2) is 3.27. The smallest absolute Gasteiger partial charge is 0.151 e. The van der Waals surface area contributed by atoms with Gasteiger partial charge in [0, 0.05) is 0 Å². The predicted molar refractivity (Wildman–Crippen MR) is 33.8 cm³/mol. The molecule has 1 rings (SSSR count). The van der Waals surface area contributed by atoms with E-state index in [0.29, 0.717) is 6.29 Å². The molecule has 64 valence electrons. The zero-order valence-corrected chi connectivity index (χ0v) is 5.75. The molecular weight excluding hydrogens is 152 g/mol. The van der Waals surface area contributed by atoms with Crippen LogP contribution < -0.4 is 0 Å². The minimum Gasteiger partial charge on any atom is -0.394 e. The van der Waals surface area contributed by atoms with Gasteiger partial charge in [-0.15, -0.1) is 0 Å². The van der Waals surface area contributed by atoms with Gasteiger partial charge in [-0.05, 0) is 0 Å². The highest BCUT2D eigenvalue weighted by molar-refractivity contribution is 5.58. The molecule has 1 aliphatic rings. The van der Waals surface area contributed by atoms with Crippen molar-refractivity contribution in [3.05, 3.63) is 0 Å². The lowest BCUT2D eigenvalue weighted by Gasteiger charge is -2.10. The van der Waals surface area contributed by atoms with Crippen LogP contribution in [0.2, 0.25) is 0 Å². The van der Waals surface area contributed by atoms with Crippen LogP contribution in [0.1, 0.15) is 0 Å². The van der Waals surface area contributed by atoms with Gasteiger partial charge in [-0.2, -0.15) is 0 Å². The lowest BCUT2D eigenvalue weighted by Crippen LogP contribution is -2.34. The fourth-order valence-corrected chi connectivity index (χ4v) is 1.04. The molecular formula is C6H10O5. The van der Waals surface area contributed by atoms with Crippen molar-refractivity contribution >= 4 is 6.29 Å². The average molecular weight is 162 g/mol. The molecule has 0 saturated carbocycles. The number of hydrogen-bond donors (Lipinski definition) is 3. The third-order valence-corrected chi connectivity index (χ3v) is 1.71. The summed E-state index contributed by atoms with van der Waals surface area (Å²) in [5, 5.41) is 26.7. The summed E-state index contributed by atoms with van der Waals surface area (Å²) in [7, 11) is 0. The van der Waals surface area contributed by atoms with E-state index in [1.54, 1.807) is 0 Å². The van der Waals surface area contributed by atoms with Crippen molar-refractivity contribution in [2.45, 2.75) is 24.4 Å². The SMILES string of the molecule is O=C[C@@H]1O[C@@H](CO)[C@H](O)[C@H]1O. The Morgan fingerprint density at radius 3 is 2.27 bits per heavy atom. The fraction of sp³-hybridized carbons (Fsp3) is 0.833. The summed E-state index contributed by atoms with van der Waals surface area (Å²) in [6.07, 6.45) is -3.84. The predicted octanol–water partition coefficient (Wildman–Crippen LogP) is -2.33. The lowest BCUT2D eigenvalue weighted by molar-refractivity contribution is -0.121. The van der Waals surface area contributed by atoms with E-state index in [9.17, 15) is 4.79 Å². The topological polar surface area (TPSA) is 87.0 Å². The summed E-state index contributed by atoms with van der Waals surface area (Å²) < 4.78 is 4.77. The maximum Gasteiger partial charge on any atom is 0.151 e. The van der Waals surface area contributed by atoms with Crippen LogP contribution in [0.4, 0.5) is 0 Å². The number of aldehydes is 1. The highest BCUT2D eigenvalue weighted by atomic mass is 16.6. The zero-order chi connectivity index (χ0) is 8.43. The van der Waals surface area contributed by atoms with E-state index >= 15 is 0 Å². The van der Waals surface area contributed by atoms with Crippen molar-refractivity contribution in [2.75, 3.05) is 6.61 Å². The van der Waals surface area contributed by atoms with E-state index in [1.165, 1.54) is 0 Å². The lowest BCUT2D eigenvalue weighted by atomic mass is 10.1. The van der Waals surface area contributed by atoms with Crippen LogP contribution in [-0.4, -0.2) is 52.6 Å². The van der Waals surface area contributed by atoms with Crippen LogP contribution in [0.3, 0.4) is 0 Å². The summed E-state index contributed by atoms with van der Waals surface area (Å²) in [5.41, 5.74) is 0. The van der Waals surface area contributed by atoms with Crippen LogP contribution in [0, 0.1) is 0 Å². The average Bonchev–Trinajstić information content (AvgIpc) is 2.30. The molecule has 0 amide bonds. The largest absolute Gasteiger partial charge is 0.394 e. The van der Waals surface area contributed by atoms with Crippen LogP contribution in [0.25, 0.3) is 0 Å². The van der Waals surface area contributed by atoms with E-state index in [1.807, 2.05) is 0 Å². The third kappa shape index (κ3) is 1.41. The van der Waals surface area contributed by atoms with Gasteiger partial charge in [0.15, 0.2) is 6.29 Å². The summed E-state index contributed by atoms with van der Waals surface area (Å²) in [5.74, 6) is 0. The molecule has 5 nitrogen and oxygen atoms in total. The molecule has 0 spiro atoms. The van der Waals surface area contributed by atoms with Crippen molar-refractivity contribution in [1.82, 2.24) is 0 Å². The van der Waals surface area contributed by atoms with Crippen LogP contribution in [-0.2, 0) is 9.53 Å². The quantitative estimate of drug-likeness (QED) is 0.396. The van der Waals surface area contributed by atoms with Gasteiger partial charge >= 0.3 is 0 Å². The van der Waals surface area contributed by atoms with Gasteiger partial charge < -0.3 is 24.9 Å². The Bertz CT molecular complexity index is 148. The highest BCUT2D eigenvalue weighted by Crippen LogP contribution is 2.19. The first-order chi connectivity index (χ1) is 5.20. The van der Waals surface area contributed by atoms with Gasteiger partial charge in [0.2, 0.25) is 0 Å². The Hall–Kier alpha value is -0.490. The van der Waals surface area contributed by atoms with E-state index in [2.05, 4.69) is 0 Å². The molecule has 5 heteroatoms. The number of hydrogen-bond acceptors (Lipinski definition) is 5. The van der Waals surface area contributed by atoms with Gasteiger partial charge in [0.1, 0.15) is 24.4 Å². The van der Waals surface area contributed by atoms with Crippen LogP contribution >= 0.6 is 0 Å². The molecule has 4 atom stereocenters. The van der Waals surface area contributed by atoms with Gasteiger partial charge in [-0.3, -0.25) is 0 Å². The number of carbonyl (C=O) groups is 1. The maximum absolute atomic E-state index is 10.1. The Labute approximate surface area is 63.2 Å². The molecule has 0 aromatic heterocycles. The Kier molecular flexibility index (Phi) is 2.56. The van der Waals surface area contributed by atoms with E-state index < -0.39 is 31.0 Å². The minimum absolute atomic E-state index is 0.400. The van der Waals surface area contributed by atoms with Crippen molar-refractivity contribution in [2.24, 2.45) is 0 Å². The van der Waals surface area contributed by atoms with E-state index in [4.69, 9.17) is 20.1 Å². The second-order valence-electron chi connectivity index (χ2n) is 2.44. The molecule has 0 bridgehead atoms. The monoisotopic (exact) mass is 162 g/mol. The van der Waals surface area contributed by atoms with Crippen molar-refractivity contribution in [3.8, 4) is 0 Å². The van der Waals surface area contributed by atoms with Crippen molar-refractivity contribution in [3.63, 3.8) is 0 Å². The van der Waals surface area contributed by atoms with E-state index in [0.717, 1.165) is 0 Å². The summed E-state index contributed by atoms with van der Waals surface area (Å²) in [6.45, 7) is -0.400. The minimum atomic E-state index is -1.22. The molecule has 0 aromatic rings. The summed E-state index contributed by atoms with van der Waals surface area (Å²) in [4.78, 5) is 10.1. The zero-order valence-electron chi connectivity index (χ0n) is 5.75. The van der Waals surface area contributed by atoms with Gasteiger partial charge in [0.25, 0.3) is 0 Å². The molecule has 0 unspecified atom stereocenters. The van der Waals surface area contributed by atoms with Crippen LogP contribution in [0.15, 0.2) is 0 Å². The molecule has 0 aliphatic carbocycles. The van der Waals surface area contributed by atoms with Gasteiger partial charge in [-0.1, -0.05) is 0 Å². The molecule has 0 aromatic carbocycles. The first-order valence-corrected chi connectivity index (χ1v) is 3.28. The number of rotatable bonds is 2. The molecule has 1 aliphatic heterocycles. The molecule has 0 radical (unpaired) electrons. The normalized spacial score (nSPS) is 44.3. The summed E-state index contributed by atoms with van der Waals surface area (Å²) in [6, 6.07) is 0. The number of carbonyl (C=O) groups excluding carboxylic acids is 1. The number of ether oxygens (including phenoxy) is 1. The van der Waals surface area contributed by atoms with E-state index in [-0.39, 0.29) is 0 Å². The molecule has 1 saturated heterocycles.